The molecule has 0 spiro atoms. The van der Waals surface area contributed by atoms with E-state index in [1.165, 1.54) is 19.2 Å². The number of aliphatic hydroxyl groups is 6. The quantitative estimate of drug-likeness (QED) is 0.0698. The normalized spacial score (nSPS) is 30.9. The van der Waals surface area contributed by atoms with Gasteiger partial charge in [-0.05, 0) is 30.5 Å². The Bertz CT molecular complexity index is 1090. The van der Waals surface area contributed by atoms with Crippen LogP contribution in [0.5, 0.6) is 11.5 Å². The lowest BCUT2D eigenvalue weighted by atomic mass is 9.95. The summed E-state index contributed by atoms with van der Waals surface area (Å²) in [6.07, 6.45) is -9.97. The molecule has 2 saturated heterocycles. The maximum Gasteiger partial charge on any atom is 0.407 e. The van der Waals surface area contributed by atoms with Crippen molar-refractivity contribution >= 4 is 12.1 Å². The summed E-state index contributed by atoms with van der Waals surface area (Å²) in [5.74, 6) is -0.753. The van der Waals surface area contributed by atoms with Gasteiger partial charge in [0, 0.05) is 19.1 Å². The van der Waals surface area contributed by atoms with Gasteiger partial charge >= 0.3 is 12.1 Å². The first-order chi connectivity index (χ1) is 22.5. The number of ether oxygens (including phenoxy) is 6. The van der Waals surface area contributed by atoms with Crippen LogP contribution in [0.4, 0.5) is 4.79 Å². The average Bonchev–Trinajstić information content (AvgIpc) is 3.04. The lowest BCUT2D eigenvalue weighted by molar-refractivity contribution is -0.348. The van der Waals surface area contributed by atoms with Gasteiger partial charge in [0.1, 0.15) is 66.9 Å². The lowest BCUT2D eigenvalue weighted by Gasteiger charge is -2.47. The van der Waals surface area contributed by atoms with Crippen LogP contribution < -0.4 is 5.32 Å². The van der Waals surface area contributed by atoms with Gasteiger partial charge in [0.05, 0.1) is 20.3 Å². The molecule has 3 rings (SSSR count). The molecule has 1 aromatic carbocycles. The molecule has 1 aromatic rings. The fourth-order valence-corrected chi connectivity index (χ4v) is 5.31. The molecule has 9 N–H and O–H groups in total. The molecule has 10 atom stereocenters. The number of aliphatic hydroxyl groups excluding tert-OH is 6. The van der Waals surface area contributed by atoms with Gasteiger partial charge in [0.25, 0.3) is 0 Å². The molecule has 2 aliphatic heterocycles. The Hall–Kier alpha value is -2.84. The van der Waals surface area contributed by atoms with Crippen molar-refractivity contribution < 1.29 is 78.9 Å². The fraction of sp³-hybridized carbons (Fsp3) is 0.733. The van der Waals surface area contributed by atoms with Gasteiger partial charge < -0.3 is 74.6 Å². The van der Waals surface area contributed by atoms with Crippen LogP contribution in [-0.2, 0) is 39.8 Å². The minimum absolute atomic E-state index is 0.145. The van der Waals surface area contributed by atoms with Crippen LogP contribution in [0.3, 0.4) is 0 Å². The number of carbonyl (C=O) groups excluding carboxylic acids is 2. The molecule has 268 valence electrons. The summed E-state index contributed by atoms with van der Waals surface area (Å²) in [5.41, 5.74) is 0.264. The fourth-order valence-electron chi connectivity index (χ4n) is 5.31. The predicted molar refractivity (Wildman–Crippen MR) is 158 cm³/mol. The number of hydrogen-bond acceptors (Lipinski definition) is 16. The molecule has 17 nitrogen and oxygen atoms in total. The van der Waals surface area contributed by atoms with E-state index >= 15 is 0 Å². The molecule has 47 heavy (non-hydrogen) atoms. The second-order valence-electron chi connectivity index (χ2n) is 11.4. The number of nitrogens with one attached hydrogen (secondary N) is 1. The summed E-state index contributed by atoms with van der Waals surface area (Å²) in [7, 11) is 1.35. The van der Waals surface area contributed by atoms with Crippen molar-refractivity contribution in [3.63, 3.8) is 0 Å². The highest BCUT2D eigenvalue weighted by Crippen LogP contribution is 2.30. The number of alkyl carbamates (subject to hydrolysis) is 1. The van der Waals surface area contributed by atoms with Gasteiger partial charge in [-0.25, -0.2) is 4.79 Å². The van der Waals surface area contributed by atoms with E-state index in [0.29, 0.717) is 12.8 Å². The van der Waals surface area contributed by atoms with Gasteiger partial charge in [-0.15, -0.1) is 0 Å². The van der Waals surface area contributed by atoms with Gasteiger partial charge in [0.15, 0.2) is 12.6 Å². The molecule has 0 saturated carbocycles. The van der Waals surface area contributed by atoms with Crippen molar-refractivity contribution in [2.75, 3.05) is 26.9 Å². The van der Waals surface area contributed by atoms with Crippen LogP contribution >= 0.6 is 0 Å². The van der Waals surface area contributed by atoms with E-state index in [9.17, 15) is 50.4 Å². The summed E-state index contributed by atoms with van der Waals surface area (Å²) >= 11 is 0. The lowest BCUT2D eigenvalue weighted by Crippen LogP contribution is -2.67. The third-order valence-corrected chi connectivity index (χ3v) is 7.89. The Morgan fingerprint density at radius 1 is 0.787 bits per heavy atom. The SMILES string of the molecule is COC(=O)CCCCCCCCO[C@@H]1OC(CO)[C@@H](OC2OC(CO)[C@H](O)C(O)C2O)C(O)C1NC(=O)OCc1cc(O)cc(O)c1. The first kappa shape index (κ1) is 38.6. The molecule has 0 bridgehead atoms. The summed E-state index contributed by atoms with van der Waals surface area (Å²) in [6.45, 7) is -1.66. The topological polar surface area (TPSA) is 263 Å². The van der Waals surface area contributed by atoms with Gasteiger partial charge in [0.2, 0.25) is 0 Å². The first-order valence-electron chi connectivity index (χ1n) is 15.5. The van der Waals surface area contributed by atoms with Crippen LogP contribution in [-0.4, -0.2) is 141 Å². The van der Waals surface area contributed by atoms with E-state index in [0.717, 1.165) is 38.2 Å². The van der Waals surface area contributed by atoms with Crippen LogP contribution in [0.25, 0.3) is 0 Å². The van der Waals surface area contributed by atoms with E-state index < -0.39 is 80.7 Å². The zero-order valence-corrected chi connectivity index (χ0v) is 26.1. The van der Waals surface area contributed by atoms with E-state index in [4.69, 9.17) is 23.7 Å². The Labute approximate surface area is 271 Å². The van der Waals surface area contributed by atoms with E-state index in [-0.39, 0.29) is 36.2 Å². The zero-order chi connectivity index (χ0) is 34.5. The molecule has 2 fully saturated rings. The number of unbranched alkanes of at least 4 members (excludes halogenated alkanes) is 5. The molecule has 0 radical (unpaired) electrons. The van der Waals surface area contributed by atoms with Crippen molar-refractivity contribution in [2.45, 2.75) is 113 Å². The third kappa shape index (κ3) is 11.4. The highest BCUT2D eigenvalue weighted by molar-refractivity contribution is 5.69. The Kier molecular flexibility index (Phi) is 15.8. The number of rotatable bonds is 17. The highest BCUT2D eigenvalue weighted by Gasteiger charge is 2.51. The molecule has 0 aromatic heterocycles. The largest absolute Gasteiger partial charge is 0.508 e. The van der Waals surface area contributed by atoms with Gasteiger partial charge in [-0.3, -0.25) is 4.79 Å². The summed E-state index contributed by atoms with van der Waals surface area (Å²) in [4.78, 5) is 24.0. The second kappa shape index (κ2) is 19.2. The molecule has 17 heteroatoms. The van der Waals surface area contributed by atoms with Gasteiger partial charge in [-0.1, -0.05) is 25.7 Å². The summed E-state index contributed by atoms with van der Waals surface area (Å²) in [5, 5.41) is 83.5. The van der Waals surface area contributed by atoms with Crippen LogP contribution in [0.1, 0.15) is 50.5 Å². The minimum Gasteiger partial charge on any atom is -0.508 e. The molecular formula is C30H47NO16. The van der Waals surface area contributed by atoms with Crippen LogP contribution in [0.15, 0.2) is 18.2 Å². The number of phenolic OH excluding ortho intramolecular Hbond substituents is 2. The number of methoxy groups -OCH3 is 1. The summed E-state index contributed by atoms with van der Waals surface area (Å²) < 4.78 is 32.6. The number of phenols is 2. The second-order valence-corrected chi connectivity index (χ2v) is 11.4. The first-order valence-corrected chi connectivity index (χ1v) is 15.5. The zero-order valence-electron chi connectivity index (χ0n) is 26.1. The maximum atomic E-state index is 12.8. The number of hydrogen-bond donors (Lipinski definition) is 9. The van der Waals surface area contributed by atoms with Crippen molar-refractivity contribution in [1.82, 2.24) is 5.32 Å². The molecule has 7 unspecified atom stereocenters. The molecule has 1 amide bonds. The highest BCUT2D eigenvalue weighted by atomic mass is 16.7. The number of benzene rings is 1. The molecular weight excluding hydrogens is 630 g/mol. The molecule has 2 aliphatic rings. The van der Waals surface area contributed by atoms with Crippen LogP contribution in [0, 0.1) is 0 Å². The van der Waals surface area contributed by atoms with E-state index in [1.54, 1.807) is 0 Å². The number of carbonyl (C=O) groups is 2. The number of esters is 1. The van der Waals surface area contributed by atoms with Crippen molar-refractivity contribution in [1.29, 1.82) is 0 Å². The summed E-state index contributed by atoms with van der Waals surface area (Å²) in [6, 6.07) is 2.27. The predicted octanol–water partition coefficient (Wildman–Crippen LogP) is -1.12. The van der Waals surface area contributed by atoms with Crippen LogP contribution in [0.2, 0.25) is 0 Å². The minimum atomic E-state index is -1.82. The van der Waals surface area contributed by atoms with Gasteiger partial charge in [-0.2, -0.15) is 0 Å². The number of aromatic hydroxyl groups is 2. The number of amides is 1. The van der Waals surface area contributed by atoms with E-state index in [2.05, 4.69) is 10.1 Å². The monoisotopic (exact) mass is 677 g/mol. The molecule has 0 aliphatic carbocycles. The van der Waals surface area contributed by atoms with Crippen molar-refractivity contribution in [3.8, 4) is 11.5 Å². The standard InChI is InChI=1S/C30H47NO16/c1-42-21(36)8-6-4-2-3-5-7-9-43-28-22(31-30(41)44-15-16-10-17(34)12-18(35)11-16)24(38)27(20(14-33)46-28)47-29-26(40)25(39)23(37)19(13-32)45-29/h10-12,19-20,22-29,32-35,37-40H,2-9,13-15H2,1H3,(H,31,41)/t19?,20?,22?,23-,24?,25?,26?,27+,28+,29?/m0/s1. The Balaban J connectivity index is 1.65. The smallest absolute Gasteiger partial charge is 0.407 e. The Morgan fingerprint density at radius 2 is 1.40 bits per heavy atom. The average molecular weight is 678 g/mol. The van der Waals surface area contributed by atoms with Crippen molar-refractivity contribution in [3.05, 3.63) is 23.8 Å². The third-order valence-electron chi connectivity index (χ3n) is 7.89. The van der Waals surface area contributed by atoms with Crippen molar-refractivity contribution in [2.24, 2.45) is 0 Å². The van der Waals surface area contributed by atoms with E-state index in [1.807, 2.05) is 0 Å². The molecule has 2 heterocycles. The Morgan fingerprint density at radius 3 is 2.04 bits per heavy atom. The maximum absolute atomic E-state index is 12.8.